The van der Waals surface area contributed by atoms with Crippen molar-refractivity contribution in [3.05, 3.63) is 71.8 Å². The Morgan fingerprint density at radius 3 is 1.38 bits per heavy atom. The van der Waals surface area contributed by atoms with Crippen LogP contribution in [0.25, 0.3) is 0 Å². The molecule has 2 aromatic rings. The molecule has 2 saturated heterocycles. The number of aliphatic imine (C=N–C) groups is 1. The minimum Gasteiger partial charge on any atom is -0.381 e. The Bertz CT molecular complexity index is 2830. The van der Waals surface area contributed by atoms with Crippen molar-refractivity contribution in [1.29, 1.82) is 0 Å². The number of halogens is 1. The third kappa shape index (κ3) is 19.8. The number of aliphatic hydroxyl groups is 2. The molecule has 4 saturated carbocycles. The zero-order valence-electron chi connectivity index (χ0n) is 54.8. The third-order valence-electron chi connectivity index (χ3n) is 18.6. The largest absolute Gasteiger partial charge is 0.381 e. The van der Waals surface area contributed by atoms with Gasteiger partial charge in [-0.3, -0.25) is 28.8 Å². The van der Waals surface area contributed by atoms with E-state index in [1.807, 2.05) is 130 Å². The highest BCUT2D eigenvalue weighted by molar-refractivity contribution is 5.95. The number of fused-ring (bicyclic) bond motifs is 2. The predicted octanol–water partition coefficient (Wildman–Crippen LogP) is 5.02. The summed E-state index contributed by atoms with van der Waals surface area (Å²) in [6.07, 6.45) is 3.54. The number of nitrogens with one attached hydrogen (secondary N) is 4. The summed E-state index contributed by atoms with van der Waals surface area (Å²) in [5, 5.41) is 32.2. The van der Waals surface area contributed by atoms with Crippen LogP contribution in [0.3, 0.4) is 0 Å². The lowest BCUT2D eigenvalue weighted by Crippen LogP contribution is -2.63. The van der Waals surface area contributed by atoms with Gasteiger partial charge in [0.15, 0.2) is 12.2 Å². The van der Waals surface area contributed by atoms with E-state index in [4.69, 9.17) is 26.7 Å². The number of aliphatic hydroxyl groups excluding tert-OH is 2. The molecule has 22 nitrogen and oxygen atoms in total. The van der Waals surface area contributed by atoms with Crippen molar-refractivity contribution in [3.8, 4) is 0 Å². The fourth-order valence-electron chi connectivity index (χ4n) is 12.5. The smallest absolute Gasteiger partial charge is 0.315 e. The van der Waals surface area contributed by atoms with Crippen molar-refractivity contribution in [2.24, 2.45) is 79.4 Å². The maximum atomic E-state index is 14.2. The molecule has 89 heavy (non-hydrogen) atoms. The van der Waals surface area contributed by atoms with Crippen LogP contribution < -0.4 is 38.5 Å². The van der Waals surface area contributed by atoms with E-state index in [0.29, 0.717) is 57.6 Å². The van der Waals surface area contributed by atoms with Crippen LogP contribution in [-0.2, 0) is 56.2 Å². The molecular weight excluding hydrogens is 1160 g/mol. The number of nitrogens with two attached hydrogens (primary N) is 3. The fraction of sp³-hybridized carbons (Fsp3) is 0.697. The minimum absolute atomic E-state index is 0. The summed E-state index contributed by atoms with van der Waals surface area (Å²) < 4.78 is 11.3. The second-order valence-electron chi connectivity index (χ2n) is 30.2. The molecule has 12 atom stereocenters. The van der Waals surface area contributed by atoms with E-state index in [1.165, 1.54) is 0 Å². The minimum atomic E-state index is -1.51. The maximum absolute atomic E-state index is 14.2. The molecule has 12 N–H and O–H groups in total. The fourth-order valence-corrected chi connectivity index (χ4v) is 12.5. The van der Waals surface area contributed by atoms with Gasteiger partial charge >= 0.3 is 6.03 Å². The molecular formula is C66H103ClN10O12. The second kappa shape index (κ2) is 29.5. The van der Waals surface area contributed by atoms with E-state index in [1.54, 1.807) is 15.9 Å². The first-order valence-corrected chi connectivity index (χ1v) is 31.2. The van der Waals surface area contributed by atoms with Crippen LogP contribution in [0, 0.1) is 57.2 Å². The Balaban J connectivity index is 0.000000273. The number of benzene rings is 2. The highest BCUT2D eigenvalue weighted by Crippen LogP contribution is 2.66. The van der Waals surface area contributed by atoms with E-state index in [-0.39, 0.29) is 71.2 Å². The first-order valence-electron chi connectivity index (χ1n) is 31.2. The zero-order chi connectivity index (χ0) is 65.6. The number of piperidine rings is 2. The molecule has 6 aliphatic rings. The standard InChI is InChI=1S/C33H51N5O6.C21H36N4O4.C12H15NO2.ClH/c1-31(2,3)26(36-30(43)37-32(4,5)18-44-17-20-11-9-8-10-12-20)29(42)38-16-21-23(33(21,6)7)24(38)28(41)35-22(15-19-13-14-19)25(39)27(34)40;1-20(2,3)16(22)19(29)25-9-11-13(21(11,4)5)14(25)18(28)24-12(8-10-6-7-10)15(26)17(23)27;1-12(2,13-10-14)9-15-8-11-6-4-3-5-7-11;/h8-12,19,21-26,39H,13-18H2,1-7H3,(H2,34,40)(H,35,41)(H2,36,37,43);10-16,26H,6-9,22H2,1-5H3,(H2,23,27)(H,24,28);3-7H,8-9H2,1-2H3;1H/t21?,22?,23?,24-,25?,26+;11?,12?,13?,14-,15?,16+;;/m00../s1. The van der Waals surface area contributed by atoms with Gasteiger partial charge in [-0.15, -0.1) is 12.4 Å². The van der Waals surface area contributed by atoms with Gasteiger partial charge in [0.05, 0.1) is 55.6 Å². The van der Waals surface area contributed by atoms with Gasteiger partial charge in [0, 0.05) is 13.1 Å². The van der Waals surface area contributed by atoms with Crippen LogP contribution >= 0.6 is 12.4 Å². The number of likely N-dealkylation sites (tertiary alicyclic amines) is 2. The number of hydrogen-bond acceptors (Lipinski definition) is 14. The van der Waals surface area contributed by atoms with Crippen molar-refractivity contribution in [3.63, 3.8) is 0 Å². The molecule has 2 heterocycles. The lowest BCUT2D eigenvalue weighted by Gasteiger charge is -2.38. The number of carbonyl (C=O) groups excluding carboxylic acids is 8. The summed E-state index contributed by atoms with van der Waals surface area (Å²) >= 11 is 0. The van der Waals surface area contributed by atoms with Gasteiger partial charge in [-0.05, 0) is 109 Å². The molecule has 0 bridgehead atoms. The van der Waals surface area contributed by atoms with Gasteiger partial charge in [0.1, 0.15) is 18.1 Å². The van der Waals surface area contributed by atoms with Crippen LogP contribution in [0.5, 0.6) is 0 Å². The Kier molecular flexibility index (Phi) is 24.5. The van der Waals surface area contributed by atoms with Gasteiger partial charge in [-0.1, -0.05) is 156 Å². The van der Waals surface area contributed by atoms with Crippen LogP contribution in [0.1, 0.15) is 147 Å². The monoisotopic (exact) mass is 1260 g/mol. The molecule has 0 radical (unpaired) electrons. The lowest BCUT2D eigenvalue weighted by atomic mass is 9.85. The summed E-state index contributed by atoms with van der Waals surface area (Å²) in [6.45, 7) is 29.6. The maximum Gasteiger partial charge on any atom is 0.315 e. The molecule has 23 heteroatoms. The molecule has 4 aliphatic carbocycles. The van der Waals surface area contributed by atoms with Crippen molar-refractivity contribution in [2.45, 2.75) is 208 Å². The summed E-state index contributed by atoms with van der Waals surface area (Å²) in [5.74, 6) is -2.00. The molecule has 2 aromatic carbocycles. The number of nitrogens with zero attached hydrogens (tertiary/aromatic N) is 3. The van der Waals surface area contributed by atoms with Crippen LogP contribution in [-0.4, -0.2) is 153 Å². The number of ether oxygens (including phenoxy) is 2. The van der Waals surface area contributed by atoms with Gasteiger partial charge < -0.3 is 68.0 Å². The summed E-state index contributed by atoms with van der Waals surface area (Å²) in [5.41, 5.74) is 16.6. The van der Waals surface area contributed by atoms with E-state index < -0.39 is 94.1 Å². The van der Waals surface area contributed by atoms with Gasteiger partial charge in [-0.25, -0.2) is 9.59 Å². The predicted molar refractivity (Wildman–Crippen MR) is 340 cm³/mol. The number of rotatable bonds is 25. The molecule has 0 spiro atoms. The normalized spacial score (nSPS) is 24.0. The SMILES string of the molecule is CC(C)(COCc1ccccc1)N=C=O.CC(C)(COCc1ccccc1)NC(=O)N[C@H](C(=O)N1CC2C([C@H]1C(=O)NC(CC1CC1)C(O)C(N)=O)C2(C)C)C(C)(C)C.CC1(C)C2CN(C(=O)[C@@H](N)C(C)(C)C)[C@H](C(=O)NC(CC3CC3)C(O)C(N)=O)C21.Cl. The Hall–Kier alpha value is -6.00. The highest BCUT2D eigenvalue weighted by Gasteiger charge is 2.71. The van der Waals surface area contributed by atoms with Gasteiger partial charge in [-0.2, -0.15) is 4.99 Å². The first-order chi connectivity index (χ1) is 40.8. The molecule has 8 rings (SSSR count). The molecule has 0 aromatic heterocycles. The van der Waals surface area contributed by atoms with Crippen LogP contribution in [0.2, 0.25) is 0 Å². The van der Waals surface area contributed by atoms with Crippen molar-refractivity contribution >= 4 is 60.0 Å². The van der Waals surface area contributed by atoms with Crippen molar-refractivity contribution < 1.29 is 58.0 Å². The van der Waals surface area contributed by atoms with Crippen molar-refractivity contribution in [1.82, 2.24) is 31.1 Å². The average Bonchev–Trinajstić information content (AvgIpc) is 1.54. The number of urea groups is 1. The number of amides is 8. The molecule has 2 aliphatic heterocycles. The summed E-state index contributed by atoms with van der Waals surface area (Å²) in [4.78, 5) is 108. The zero-order valence-corrected chi connectivity index (χ0v) is 55.6. The number of isocyanates is 1. The van der Waals surface area contributed by atoms with E-state index in [9.17, 15) is 48.6 Å². The van der Waals surface area contributed by atoms with E-state index in [2.05, 4.69) is 54.0 Å². The third-order valence-corrected chi connectivity index (χ3v) is 18.6. The molecule has 8 unspecified atom stereocenters. The Morgan fingerprint density at radius 2 is 1.02 bits per heavy atom. The summed E-state index contributed by atoms with van der Waals surface area (Å²) in [6, 6.07) is 14.5. The Labute approximate surface area is 532 Å². The van der Waals surface area contributed by atoms with E-state index in [0.717, 1.165) is 36.8 Å². The summed E-state index contributed by atoms with van der Waals surface area (Å²) in [7, 11) is 0. The molecule has 496 valence electrons. The quantitative estimate of drug-likeness (QED) is 0.0466. The van der Waals surface area contributed by atoms with E-state index >= 15 is 0 Å². The highest BCUT2D eigenvalue weighted by atomic mass is 35.5. The molecule has 8 amide bonds. The van der Waals surface area contributed by atoms with Crippen molar-refractivity contribution in [2.75, 3.05) is 26.3 Å². The number of primary amides is 2. The average molecular weight is 1260 g/mol. The number of hydrogen-bond donors (Lipinski definition) is 9. The Morgan fingerprint density at radius 1 is 0.629 bits per heavy atom. The topological polar surface area (TPSA) is 340 Å². The first kappa shape index (κ1) is 73.7. The number of carbonyl (C=O) groups is 7. The molecule has 6 fully saturated rings. The second-order valence-corrected chi connectivity index (χ2v) is 30.2. The lowest BCUT2D eigenvalue weighted by molar-refractivity contribution is -0.144. The van der Waals surface area contributed by atoms with Gasteiger partial charge in [0.2, 0.25) is 41.5 Å². The van der Waals surface area contributed by atoms with Crippen LogP contribution in [0.15, 0.2) is 65.7 Å². The van der Waals surface area contributed by atoms with Crippen LogP contribution in [0.4, 0.5) is 4.79 Å². The van der Waals surface area contributed by atoms with Gasteiger partial charge in [0.25, 0.3) is 0 Å².